The van der Waals surface area contributed by atoms with E-state index in [1.54, 1.807) is 0 Å². The molecule has 2 atom stereocenters. The minimum absolute atomic E-state index is 0.0798. The van der Waals surface area contributed by atoms with Crippen molar-refractivity contribution in [2.75, 3.05) is 13.2 Å². The summed E-state index contributed by atoms with van der Waals surface area (Å²) in [5, 5.41) is 15.6. The van der Waals surface area contributed by atoms with Gasteiger partial charge in [-0.15, -0.1) is 0 Å². The van der Waals surface area contributed by atoms with E-state index in [0.717, 1.165) is 31.8 Å². The Morgan fingerprint density at radius 3 is 2.76 bits per heavy atom. The number of ether oxygens (including phenoxy) is 1. The zero-order chi connectivity index (χ0) is 18.2. The molecule has 0 amide bonds. The van der Waals surface area contributed by atoms with E-state index in [1.807, 2.05) is 17.9 Å². The maximum atomic E-state index is 6.08. The summed E-state index contributed by atoms with van der Waals surface area (Å²) in [5.41, 5.74) is 6.09. The average molecular weight is 345 g/mol. The minimum atomic E-state index is 0.0798. The molecule has 25 heavy (non-hydrogen) atoms. The number of hydrogen-bond acceptors (Lipinski definition) is 4. The Labute approximate surface area is 150 Å². The van der Waals surface area contributed by atoms with Gasteiger partial charge in [-0.2, -0.15) is 10.2 Å². The topological polar surface area (TPSA) is 67.8 Å². The molecule has 0 aliphatic carbocycles. The van der Waals surface area contributed by atoms with Crippen LogP contribution in [0.25, 0.3) is 0 Å². The Morgan fingerprint density at radius 2 is 2.12 bits per heavy atom. The van der Waals surface area contributed by atoms with E-state index in [4.69, 9.17) is 4.74 Å². The standard InChI is InChI=1S/C19H31N5O/c1-12-16(13(2)24(6)23-12)17-14(7-8-25-17)9-20-10-15-11-21-22-18(15)19(3,4)5/h11,14,17,20H,7-10H2,1-6H3,(H,21,22). The summed E-state index contributed by atoms with van der Waals surface area (Å²) >= 11 is 0. The van der Waals surface area contributed by atoms with Crippen LogP contribution in [0.4, 0.5) is 0 Å². The van der Waals surface area contributed by atoms with Gasteiger partial charge < -0.3 is 10.1 Å². The summed E-state index contributed by atoms with van der Waals surface area (Å²) in [6.07, 6.45) is 3.17. The van der Waals surface area contributed by atoms with Gasteiger partial charge in [-0.05, 0) is 20.3 Å². The minimum Gasteiger partial charge on any atom is -0.373 e. The number of aryl methyl sites for hydroxylation is 2. The first-order valence-corrected chi connectivity index (χ1v) is 9.14. The largest absolute Gasteiger partial charge is 0.373 e. The van der Waals surface area contributed by atoms with E-state index in [1.165, 1.54) is 22.5 Å². The molecule has 0 spiro atoms. The highest BCUT2D eigenvalue weighted by atomic mass is 16.5. The Kier molecular flexibility index (Phi) is 5.02. The molecule has 0 aromatic carbocycles. The first-order chi connectivity index (χ1) is 11.8. The smallest absolute Gasteiger partial charge is 0.0901 e. The van der Waals surface area contributed by atoms with Crippen LogP contribution in [0.1, 0.15) is 61.5 Å². The van der Waals surface area contributed by atoms with Crippen molar-refractivity contribution in [3.8, 4) is 0 Å². The highest BCUT2D eigenvalue weighted by Gasteiger charge is 2.33. The van der Waals surface area contributed by atoms with Crippen LogP contribution in [0, 0.1) is 19.8 Å². The van der Waals surface area contributed by atoms with E-state index >= 15 is 0 Å². The summed E-state index contributed by atoms with van der Waals surface area (Å²) in [7, 11) is 2.00. The van der Waals surface area contributed by atoms with Crippen molar-refractivity contribution < 1.29 is 4.74 Å². The van der Waals surface area contributed by atoms with Gasteiger partial charge in [-0.25, -0.2) is 0 Å². The molecule has 2 N–H and O–H groups in total. The quantitative estimate of drug-likeness (QED) is 0.874. The summed E-state index contributed by atoms with van der Waals surface area (Å²) in [4.78, 5) is 0. The summed E-state index contributed by atoms with van der Waals surface area (Å²) in [6, 6.07) is 0. The Morgan fingerprint density at radius 1 is 1.36 bits per heavy atom. The number of aromatic amines is 1. The number of nitrogens with one attached hydrogen (secondary N) is 2. The second kappa shape index (κ2) is 6.92. The van der Waals surface area contributed by atoms with Crippen molar-refractivity contribution in [2.45, 2.75) is 59.1 Å². The SMILES string of the molecule is Cc1nn(C)c(C)c1C1OCCC1CNCc1cn[nH]c1C(C)(C)C. The molecule has 6 heteroatoms. The van der Waals surface area contributed by atoms with Crippen LogP contribution >= 0.6 is 0 Å². The number of rotatable bonds is 5. The van der Waals surface area contributed by atoms with Crippen molar-refractivity contribution in [1.29, 1.82) is 0 Å². The molecule has 1 saturated heterocycles. The first kappa shape index (κ1) is 18.1. The molecule has 1 fully saturated rings. The molecule has 2 unspecified atom stereocenters. The predicted octanol–water partition coefficient (Wildman–Crippen LogP) is 2.92. The third-order valence-corrected chi connectivity index (χ3v) is 5.25. The lowest BCUT2D eigenvalue weighted by Crippen LogP contribution is -2.26. The Hall–Kier alpha value is -1.66. The lowest BCUT2D eigenvalue weighted by molar-refractivity contribution is 0.0893. The van der Waals surface area contributed by atoms with Crippen molar-refractivity contribution in [2.24, 2.45) is 13.0 Å². The number of nitrogens with zero attached hydrogens (tertiary/aromatic N) is 3. The summed E-state index contributed by atoms with van der Waals surface area (Å²) in [6.45, 7) is 13.4. The van der Waals surface area contributed by atoms with Crippen molar-refractivity contribution >= 4 is 0 Å². The molecule has 1 aliphatic rings. The van der Waals surface area contributed by atoms with Crippen molar-refractivity contribution in [1.82, 2.24) is 25.3 Å². The fourth-order valence-corrected chi connectivity index (χ4v) is 3.85. The van der Waals surface area contributed by atoms with Crippen molar-refractivity contribution in [3.05, 3.63) is 34.4 Å². The highest BCUT2D eigenvalue weighted by Crippen LogP contribution is 2.37. The normalized spacial score (nSPS) is 21.2. The third kappa shape index (κ3) is 3.65. The molecule has 6 nitrogen and oxygen atoms in total. The van der Waals surface area contributed by atoms with Crippen LogP contribution in [-0.2, 0) is 23.7 Å². The van der Waals surface area contributed by atoms with E-state index in [0.29, 0.717) is 5.92 Å². The number of H-pyrrole nitrogens is 1. The van der Waals surface area contributed by atoms with Crippen molar-refractivity contribution in [3.63, 3.8) is 0 Å². The van der Waals surface area contributed by atoms with Crippen LogP contribution in [0.15, 0.2) is 6.20 Å². The van der Waals surface area contributed by atoms with Gasteiger partial charge in [0.15, 0.2) is 0 Å². The predicted molar refractivity (Wildman–Crippen MR) is 98.5 cm³/mol. The monoisotopic (exact) mass is 345 g/mol. The molecule has 3 rings (SSSR count). The van der Waals surface area contributed by atoms with Crippen LogP contribution in [0.5, 0.6) is 0 Å². The zero-order valence-electron chi connectivity index (χ0n) is 16.3. The molecule has 3 heterocycles. The van der Waals surface area contributed by atoms with E-state index in [9.17, 15) is 0 Å². The van der Waals surface area contributed by atoms with Crippen LogP contribution in [0.3, 0.4) is 0 Å². The van der Waals surface area contributed by atoms with Crippen LogP contribution in [-0.4, -0.2) is 33.1 Å². The fourth-order valence-electron chi connectivity index (χ4n) is 3.85. The summed E-state index contributed by atoms with van der Waals surface area (Å²) < 4.78 is 8.04. The number of hydrogen-bond donors (Lipinski definition) is 2. The molecular weight excluding hydrogens is 314 g/mol. The second-order valence-electron chi connectivity index (χ2n) is 8.20. The number of aromatic nitrogens is 4. The lowest BCUT2D eigenvalue weighted by Gasteiger charge is -2.21. The molecule has 1 aliphatic heterocycles. The third-order valence-electron chi connectivity index (χ3n) is 5.25. The highest BCUT2D eigenvalue weighted by molar-refractivity contribution is 5.28. The maximum Gasteiger partial charge on any atom is 0.0901 e. The molecule has 2 aromatic rings. The Bertz CT molecular complexity index is 725. The summed E-state index contributed by atoms with van der Waals surface area (Å²) in [5.74, 6) is 0.478. The van der Waals surface area contributed by atoms with E-state index in [2.05, 4.69) is 55.2 Å². The lowest BCUT2D eigenvalue weighted by atomic mass is 9.89. The van der Waals surface area contributed by atoms with Gasteiger partial charge in [0.1, 0.15) is 0 Å². The maximum absolute atomic E-state index is 6.08. The second-order valence-corrected chi connectivity index (χ2v) is 8.20. The van der Waals surface area contributed by atoms with Gasteiger partial charge in [0.2, 0.25) is 0 Å². The fraction of sp³-hybridized carbons (Fsp3) is 0.684. The molecule has 0 bridgehead atoms. The van der Waals surface area contributed by atoms with Crippen LogP contribution in [0.2, 0.25) is 0 Å². The van der Waals surface area contributed by atoms with E-state index in [-0.39, 0.29) is 11.5 Å². The van der Waals surface area contributed by atoms with Gasteiger partial charge in [0, 0.05) is 60.6 Å². The Balaban J connectivity index is 1.64. The van der Waals surface area contributed by atoms with Crippen LogP contribution < -0.4 is 5.32 Å². The van der Waals surface area contributed by atoms with Gasteiger partial charge in [0.05, 0.1) is 18.0 Å². The molecule has 0 radical (unpaired) electrons. The average Bonchev–Trinajstić information content (AvgIpc) is 3.21. The molecule has 0 saturated carbocycles. The van der Waals surface area contributed by atoms with E-state index < -0.39 is 0 Å². The zero-order valence-corrected chi connectivity index (χ0v) is 16.3. The first-order valence-electron chi connectivity index (χ1n) is 9.14. The molecule has 138 valence electrons. The molecular formula is C19H31N5O. The molecule has 2 aromatic heterocycles. The van der Waals surface area contributed by atoms with Gasteiger partial charge in [0.25, 0.3) is 0 Å². The van der Waals surface area contributed by atoms with Gasteiger partial charge >= 0.3 is 0 Å². The van der Waals surface area contributed by atoms with Gasteiger partial charge in [-0.3, -0.25) is 9.78 Å². The van der Waals surface area contributed by atoms with Gasteiger partial charge in [-0.1, -0.05) is 20.8 Å².